The summed E-state index contributed by atoms with van der Waals surface area (Å²) in [6.45, 7) is 6.77. The van der Waals surface area contributed by atoms with Crippen LogP contribution in [0, 0.1) is 6.92 Å². The molecule has 2 heterocycles. The van der Waals surface area contributed by atoms with Gasteiger partial charge in [-0.15, -0.1) is 13.2 Å². The van der Waals surface area contributed by atoms with Crippen molar-refractivity contribution >= 4 is 5.97 Å². The van der Waals surface area contributed by atoms with Gasteiger partial charge in [0.2, 0.25) is 5.89 Å². The lowest BCUT2D eigenvalue weighted by molar-refractivity contribution is -0.274. The molecule has 2 aromatic carbocycles. The highest BCUT2D eigenvalue weighted by Gasteiger charge is 2.31. The Bertz CT molecular complexity index is 1490. The van der Waals surface area contributed by atoms with E-state index in [9.17, 15) is 18.0 Å². The number of nitrogens with zero attached hydrogens (tertiary/aromatic N) is 3. The van der Waals surface area contributed by atoms with Gasteiger partial charge in [0, 0.05) is 23.5 Å². The van der Waals surface area contributed by atoms with Gasteiger partial charge in [-0.25, -0.2) is 19.7 Å². The first-order valence-electron chi connectivity index (χ1n) is 12.4. The highest BCUT2D eigenvalue weighted by molar-refractivity contribution is 5.76. The minimum atomic E-state index is -4.82. The van der Waals surface area contributed by atoms with Crippen LogP contribution < -0.4 is 18.9 Å². The fourth-order valence-corrected chi connectivity index (χ4v) is 3.59. The van der Waals surface area contributed by atoms with Gasteiger partial charge in [0.25, 0.3) is 0 Å². The highest BCUT2D eigenvalue weighted by Crippen LogP contribution is 2.35. The van der Waals surface area contributed by atoms with E-state index in [4.69, 9.17) is 23.7 Å². The van der Waals surface area contributed by atoms with Crippen molar-refractivity contribution in [1.82, 2.24) is 15.0 Å². The SMILES string of the molecule is Cc1cc(OC(C)C(=O)O)ccc1OCc1nc(-c2cnc(OC(C)C)nc2)c(-c2ccc(OC(F)(F)F)cc2)o1. The molecular formula is C28H26F3N3O7. The smallest absolute Gasteiger partial charge is 0.484 e. The predicted molar refractivity (Wildman–Crippen MR) is 139 cm³/mol. The van der Waals surface area contributed by atoms with Crippen molar-refractivity contribution in [1.29, 1.82) is 0 Å². The molecule has 216 valence electrons. The number of aromatic nitrogens is 3. The highest BCUT2D eigenvalue weighted by atomic mass is 19.4. The first-order valence-corrected chi connectivity index (χ1v) is 12.4. The molecule has 0 radical (unpaired) electrons. The monoisotopic (exact) mass is 573 g/mol. The summed E-state index contributed by atoms with van der Waals surface area (Å²) in [5.41, 5.74) is 1.93. The van der Waals surface area contributed by atoms with Gasteiger partial charge in [-0.05, 0) is 75.7 Å². The molecule has 0 amide bonds. The van der Waals surface area contributed by atoms with Crippen molar-refractivity contribution < 1.29 is 46.4 Å². The number of carbonyl (C=O) groups is 1. The summed E-state index contributed by atoms with van der Waals surface area (Å²) in [7, 11) is 0. The van der Waals surface area contributed by atoms with Crippen LogP contribution in [0.1, 0.15) is 32.2 Å². The third kappa shape index (κ3) is 7.87. The molecule has 1 N–H and O–H groups in total. The first kappa shape index (κ1) is 29.2. The number of carboxylic acid groups (broad SMARTS) is 1. The lowest BCUT2D eigenvalue weighted by Crippen LogP contribution is -2.22. The number of alkyl halides is 3. The zero-order valence-electron chi connectivity index (χ0n) is 22.4. The number of hydrogen-bond donors (Lipinski definition) is 1. The largest absolute Gasteiger partial charge is 0.573 e. The van der Waals surface area contributed by atoms with Crippen LogP contribution in [0.25, 0.3) is 22.6 Å². The molecule has 0 bridgehead atoms. The number of hydrogen-bond acceptors (Lipinski definition) is 9. The molecule has 2 aromatic heterocycles. The molecule has 0 aliphatic heterocycles. The maximum Gasteiger partial charge on any atom is 0.573 e. The molecule has 0 saturated carbocycles. The molecule has 1 atom stereocenters. The average molecular weight is 574 g/mol. The van der Waals surface area contributed by atoms with E-state index in [1.54, 1.807) is 25.1 Å². The summed E-state index contributed by atoms with van der Waals surface area (Å²) in [5, 5.41) is 9.04. The molecular weight excluding hydrogens is 547 g/mol. The third-order valence-corrected chi connectivity index (χ3v) is 5.42. The van der Waals surface area contributed by atoms with Crippen LogP contribution in [0.5, 0.6) is 23.3 Å². The molecule has 0 saturated heterocycles. The van der Waals surface area contributed by atoms with Gasteiger partial charge in [-0.3, -0.25) is 0 Å². The van der Waals surface area contributed by atoms with Crippen LogP contribution >= 0.6 is 0 Å². The molecule has 0 spiro atoms. The number of carboxylic acids is 1. The Kier molecular flexibility index (Phi) is 8.65. The van der Waals surface area contributed by atoms with Crippen molar-refractivity contribution in [2.75, 3.05) is 0 Å². The predicted octanol–water partition coefficient (Wildman–Crippen LogP) is 6.22. The summed E-state index contributed by atoms with van der Waals surface area (Å²) in [5.74, 6) is -0.195. The number of oxazole rings is 1. The minimum Gasteiger partial charge on any atom is -0.484 e. The van der Waals surface area contributed by atoms with Crippen LogP contribution in [-0.4, -0.2) is 44.6 Å². The topological polar surface area (TPSA) is 126 Å². The second kappa shape index (κ2) is 12.1. The molecule has 4 aromatic rings. The lowest BCUT2D eigenvalue weighted by Gasteiger charge is -2.13. The second-order valence-electron chi connectivity index (χ2n) is 9.09. The van der Waals surface area contributed by atoms with E-state index in [0.29, 0.717) is 33.9 Å². The maximum atomic E-state index is 12.6. The molecule has 1 unspecified atom stereocenters. The average Bonchev–Trinajstić information content (AvgIpc) is 3.32. The van der Waals surface area contributed by atoms with Gasteiger partial charge in [-0.1, -0.05) is 0 Å². The summed E-state index contributed by atoms with van der Waals surface area (Å²) < 4.78 is 64.5. The van der Waals surface area contributed by atoms with E-state index in [-0.39, 0.29) is 36.1 Å². The Morgan fingerprint density at radius 2 is 1.63 bits per heavy atom. The maximum absolute atomic E-state index is 12.6. The summed E-state index contributed by atoms with van der Waals surface area (Å²) >= 11 is 0. The molecule has 0 aliphatic carbocycles. The summed E-state index contributed by atoms with van der Waals surface area (Å²) in [4.78, 5) is 24.0. The molecule has 0 fully saturated rings. The number of aliphatic carboxylic acids is 1. The van der Waals surface area contributed by atoms with Crippen molar-refractivity contribution in [3.05, 3.63) is 66.3 Å². The van der Waals surface area contributed by atoms with Crippen LogP contribution in [0.15, 0.2) is 59.3 Å². The van der Waals surface area contributed by atoms with Crippen LogP contribution in [-0.2, 0) is 11.4 Å². The number of aryl methyl sites for hydroxylation is 1. The number of halogens is 3. The van der Waals surface area contributed by atoms with Crippen molar-refractivity contribution in [2.45, 2.75) is 52.9 Å². The van der Waals surface area contributed by atoms with Crippen LogP contribution in [0.3, 0.4) is 0 Å². The standard InChI is InChI=1S/C28H26F3N3O7/c1-15(2)38-27-32-12-19(13-33-27)24-25(18-5-7-20(8-6-18)41-28(29,30)31)40-23(34-24)14-37-22-10-9-21(11-16(22)3)39-17(4)26(35)36/h5-13,15,17H,14H2,1-4H3,(H,35,36). The van der Waals surface area contributed by atoms with E-state index in [0.717, 1.165) is 0 Å². The van der Waals surface area contributed by atoms with Gasteiger partial charge < -0.3 is 28.5 Å². The number of benzene rings is 2. The minimum absolute atomic E-state index is 0.0930. The Morgan fingerprint density at radius 1 is 0.976 bits per heavy atom. The summed E-state index contributed by atoms with van der Waals surface area (Å²) in [6.07, 6.45) is -2.97. The molecule has 0 aliphatic rings. The first-order chi connectivity index (χ1) is 19.4. The van der Waals surface area contributed by atoms with Crippen molar-refractivity contribution in [2.24, 2.45) is 0 Å². The Balaban J connectivity index is 1.60. The second-order valence-corrected chi connectivity index (χ2v) is 9.09. The van der Waals surface area contributed by atoms with Gasteiger partial charge in [-0.2, -0.15) is 0 Å². The zero-order valence-corrected chi connectivity index (χ0v) is 22.4. The number of rotatable bonds is 11. The quantitative estimate of drug-likeness (QED) is 0.221. The Labute approximate surface area is 232 Å². The van der Waals surface area contributed by atoms with E-state index in [1.165, 1.54) is 43.6 Å². The van der Waals surface area contributed by atoms with E-state index < -0.39 is 18.4 Å². The third-order valence-electron chi connectivity index (χ3n) is 5.42. The van der Waals surface area contributed by atoms with Crippen LogP contribution in [0.2, 0.25) is 0 Å². The zero-order chi connectivity index (χ0) is 29.7. The Hall–Kier alpha value is -4.81. The molecule has 41 heavy (non-hydrogen) atoms. The molecule has 10 nitrogen and oxygen atoms in total. The molecule has 4 rings (SSSR count). The number of ether oxygens (including phenoxy) is 4. The van der Waals surface area contributed by atoms with Gasteiger partial charge >= 0.3 is 18.3 Å². The Morgan fingerprint density at radius 3 is 2.22 bits per heavy atom. The van der Waals surface area contributed by atoms with E-state index in [1.807, 2.05) is 13.8 Å². The normalized spacial score (nSPS) is 12.2. The van der Waals surface area contributed by atoms with Gasteiger partial charge in [0.1, 0.15) is 22.9 Å². The molecule has 13 heteroatoms. The summed E-state index contributed by atoms with van der Waals surface area (Å²) in [6, 6.07) is 10.2. The van der Waals surface area contributed by atoms with E-state index in [2.05, 4.69) is 19.7 Å². The van der Waals surface area contributed by atoms with Crippen molar-refractivity contribution in [3.63, 3.8) is 0 Å². The lowest BCUT2D eigenvalue weighted by atomic mass is 10.1. The van der Waals surface area contributed by atoms with E-state index >= 15 is 0 Å². The fraction of sp³-hybridized carbons (Fsp3) is 0.286. The fourth-order valence-electron chi connectivity index (χ4n) is 3.59. The van der Waals surface area contributed by atoms with Gasteiger partial charge in [0.15, 0.2) is 18.5 Å². The van der Waals surface area contributed by atoms with Gasteiger partial charge in [0.05, 0.1) is 6.10 Å². The van der Waals surface area contributed by atoms with Crippen LogP contribution in [0.4, 0.5) is 13.2 Å². The van der Waals surface area contributed by atoms with Crippen molar-refractivity contribution in [3.8, 4) is 45.8 Å².